The van der Waals surface area contributed by atoms with Crippen molar-refractivity contribution in [3.05, 3.63) is 40.2 Å². The van der Waals surface area contributed by atoms with E-state index >= 15 is 0 Å². The molecule has 1 aliphatic rings. The minimum absolute atomic E-state index is 0.264. The lowest BCUT2D eigenvalue weighted by molar-refractivity contribution is -0.178. The van der Waals surface area contributed by atoms with E-state index in [2.05, 4.69) is 36.2 Å². The van der Waals surface area contributed by atoms with E-state index in [0.717, 1.165) is 18.0 Å². The predicted octanol–water partition coefficient (Wildman–Crippen LogP) is 2.35. The van der Waals surface area contributed by atoms with Crippen molar-refractivity contribution in [2.45, 2.75) is 40.9 Å². The van der Waals surface area contributed by atoms with Gasteiger partial charge in [-0.25, -0.2) is 14.6 Å². The molecular weight excluding hydrogens is 539 g/mol. The molecule has 3 aromatic heterocycles. The first-order valence-electron chi connectivity index (χ1n) is 9.02. The molecule has 1 aliphatic heterocycles. The molecule has 0 saturated carbocycles. The molecule has 172 valence electrons. The van der Waals surface area contributed by atoms with E-state index in [1.54, 1.807) is 11.6 Å². The number of aromatic nitrogens is 5. The molecule has 0 aromatic carbocycles. The molecule has 15 heteroatoms. The van der Waals surface area contributed by atoms with Crippen molar-refractivity contribution in [2.24, 2.45) is 0 Å². The van der Waals surface area contributed by atoms with Gasteiger partial charge in [0.05, 0.1) is 12.8 Å². The Morgan fingerprint density at radius 2 is 2.03 bits per heavy atom. The van der Waals surface area contributed by atoms with Crippen LogP contribution in [0.4, 0.5) is 13.2 Å². The smallest absolute Gasteiger partial charge is 0.394 e. The molecule has 4 heterocycles. The predicted molar refractivity (Wildman–Crippen MR) is 111 cm³/mol. The Morgan fingerprint density at radius 1 is 1.25 bits per heavy atom. The summed E-state index contributed by atoms with van der Waals surface area (Å²) in [5.41, 5.74) is -1.68. The van der Waals surface area contributed by atoms with Gasteiger partial charge in [0.15, 0.2) is 5.69 Å². The van der Waals surface area contributed by atoms with Gasteiger partial charge in [-0.15, -0.1) is 16.4 Å². The Balaban J connectivity index is 1.59. The molecular formula is C17H15BrF3N5O4S2. The number of halogens is 4. The minimum atomic E-state index is -4.62. The number of aliphatic hydroxyl groups excluding tert-OH is 3. The Bertz CT molecular complexity index is 1070. The Labute approximate surface area is 195 Å². The summed E-state index contributed by atoms with van der Waals surface area (Å²) in [6.45, 7) is -0.551. The number of nitrogens with zero attached hydrogens (tertiary/aromatic N) is 5. The maximum atomic E-state index is 12.9. The highest BCUT2D eigenvalue weighted by Crippen LogP contribution is 2.40. The fourth-order valence-corrected chi connectivity index (χ4v) is 5.55. The van der Waals surface area contributed by atoms with E-state index in [9.17, 15) is 28.5 Å². The van der Waals surface area contributed by atoms with E-state index in [1.165, 1.54) is 28.3 Å². The first kappa shape index (κ1) is 23.5. The number of pyridine rings is 1. The fourth-order valence-electron chi connectivity index (χ4n) is 3.18. The fraction of sp³-hybridized carbons (Fsp3) is 0.412. The molecule has 0 bridgehead atoms. The summed E-state index contributed by atoms with van der Waals surface area (Å²) in [5.74, 6) is 0. The highest BCUT2D eigenvalue weighted by Gasteiger charge is 2.46. The van der Waals surface area contributed by atoms with Gasteiger partial charge in [-0.2, -0.15) is 13.2 Å². The molecule has 5 atom stereocenters. The lowest BCUT2D eigenvalue weighted by Gasteiger charge is -2.41. The Kier molecular flexibility index (Phi) is 6.86. The van der Waals surface area contributed by atoms with Crippen molar-refractivity contribution < 1.29 is 33.2 Å². The zero-order valence-corrected chi connectivity index (χ0v) is 19.0. The average molecular weight is 554 g/mol. The van der Waals surface area contributed by atoms with Gasteiger partial charge < -0.3 is 20.1 Å². The summed E-state index contributed by atoms with van der Waals surface area (Å²) in [6.07, 6.45) is -4.24. The number of hydrogen-bond acceptors (Lipinski definition) is 10. The van der Waals surface area contributed by atoms with E-state index < -0.39 is 48.3 Å². The highest BCUT2D eigenvalue weighted by molar-refractivity contribution is 9.10. The zero-order chi connectivity index (χ0) is 23.0. The third-order valence-electron chi connectivity index (χ3n) is 4.65. The van der Waals surface area contributed by atoms with Crippen LogP contribution >= 0.6 is 39.0 Å². The van der Waals surface area contributed by atoms with Gasteiger partial charge in [0.1, 0.15) is 40.5 Å². The number of thioether (sulfide) groups is 1. The van der Waals surface area contributed by atoms with E-state index in [1.807, 2.05) is 0 Å². The number of hydrogen-bond donors (Lipinski definition) is 3. The maximum Gasteiger partial charge on any atom is 0.434 e. The topological polar surface area (TPSA) is 126 Å². The number of alkyl halides is 3. The van der Waals surface area contributed by atoms with Gasteiger partial charge in [0, 0.05) is 27.1 Å². The largest absolute Gasteiger partial charge is 0.434 e. The van der Waals surface area contributed by atoms with Crippen LogP contribution in [0.5, 0.6) is 0 Å². The number of rotatable bonds is 5. The van der Waals surface area contributed by atoms with Gasteiger partial charge in [-0.1, -0.05) is 17.0 Å². The van der Waals surface area contributed by atoms with Crippen molar-refractivity contribution in [1.29, 1.82) is 0 Å². The normalized spacial score (nSPS) is 26.4. The first-order chi connectivity index (χ1) is 15.2. The van der Waals surface area contributed by atoms with Crippen LogP contribution in [0.3, 0.4) is 0 Å². The number of aliphatic hydroxyl groups is 3. The SMILES string of the molecule is OCC1O[C@H](Sc2cnc(C(F)(F)F)c(Br)c2)C(O)C(n2cc(-c3nccs3)nn2)[C@H]1O. The first-order valence-corrected chi connectivity index (χ1v) is 11.6. The summed E-state index contributed by atoms with van der Waals surface area (Å²) in [5, 5.41) is 41.6. The number of ether oxygens (including phenoxy) is 1. The van der Waals surface area contributed by atoms with Crippen molar-refractivity contribution >= 4 is 39.0 Å². The van der Waals surface area contributed by atoms with Gasteiger partial charge in [-0.05, 0) is 22.0 Å². The molecule has 0 spiro atoms. The molecule has 3 unspecified atom stereocenters. The summed E-state index contributed by atoms with van der Waals surface area (Å²) in [7, 11) is 0. The highest BCUT2D eigenvalue weighted by atomic mass is 79.9. The van der Waals surface area contributed by atoms with Gasteiger partial charge in [0.25, 0.3) is 0 Å². The van der Waals surface area contributed by atoms with E-state index in [-0.39, 0.29) is 9.37 Å². The van der Waals surface area contributed by atoms with Crippen LogP contribution in [0.1, 0.15) is 11.7 Å². The van der Waals surface area contributed by atoms with E-state index in [4.69, 9.17) is 4.74 Å². The third kappa shape index (κ3) is 4.69. The quantitative estimate of drug-likeness (QED) is 0.436. The summed E-state index contributed by atoms with van der Waals surface area (Å²) in [6, 6.07) is 0.172. The zero-order valence-electron chi connectivity index (χ0n) is 15.8. The molecule has 3 N–H and O–H groups in total. The van der Waals surface area contributed by atoms with Crippen molar-refractivity contribution in [2.75, 3.05) is 6.61 Å². The Morgan fingerprint density at radius 3 is 2.66 bits per heavy atom. The molecule has 32 heavy (non-hydrogen) atoms. The lowest BCUT2D eigenvalue weighted by atomic mass is 9.97. The molecule has 3 aromatic rings. The minimum Gasteiger partial charge on any atom is -0.394 e. The second-order valence-corrected chi connectivity index (χ2v) is 9.66. The van der Waals surface area contributed by atoms with Crippen LogP contribution in [-0.2, 0) is 10.9 Å². The number of thiazole rings is 1. The van der Waals surface area contributed by atoms with E-state index in [0.29, 0.717) is 10.7 Å². The molecule has 9 nitrogen and oxygen atoms in total. The van der Waals surface area contributed by atoms with Gasteiger partial charge in [0.2, 0.25) is 0 Å². The second kappa shape index (κ2) is 9.32. The van der Waals surface area contributed by atoms with Gasteiger partial charge >= 0.3 is 6.18 Å². The molecule has 0 aliphatic carbocycles. The third-order valence-corrected chi connectivity index (χ3v) is 7.17. The monoisotopic (exact) mass is 553 g/mol. The van der Waals surface area contributed by atoms with Crippen LogP contribution in [0, 0.1) is 0 Å². The molecule has 4 rings (SSSR count). The summed E-state index contributed by atoms with van der Waals surface area (Å²) in [4.78, 5) is 7.86. The van der Waals surface area contributed by atoms with Crippen LogP contribution in [0.2, 0.25) is 0 Å². The summed E-state index contributed by atoms with van der Waals surface area (Å²) < 4.78 is 45.4. The lowest BCUT2D eigenvalue weighted by Crippen LogP contribution is -2.55. The van der Waals surface area contributed by atoms with Crippen LogP contribution in [-0.4, -0.2) is 70.6 Å². The standard InChI is InChI=1S/C17H15BrF3N5O4S2/c18-8-3-7(4-23-14(8)17(19,20)21)32-16-13(29)11(12(28)10(6-27)30-16)26-5-9(24-25-26)15-22-1-2-31-15/h1-5,10-13,16,27-29H,6H2/t10?,11?,12-,13?,16+/m0/s1. The van der Waals surface area contributed by atoms with Crippen LogP contribution in [0.25, 0.3) is 10.7 Å². The molecule has 1 saturated heterocycles. The Hall–Kier alpha value is -1.62. The van der Waals surface area contributed by atoms with Crippen LogP contribution in [0.15, 0.2) is 39.4 Å². The average Bonchev–Trinajstić information content (AvgIpc) is 3.41. The summed E-state index contributed by atoms with van der Waals surface area (Å²) >= 11 is 5.10. The van der Waals surface area contributed by atoms with Crippen LogP contribution < -0.4 is 0 Å². The van der Waals surface area contributed by atoms with Crippen molar-refractivity contribution in [3.8, 4) is 10.7 Å². The molecule has 0 amide bonds. The molecule has 0 radical (unpaired) electrons. The van der Waals surface area contributed by atoms with Gasteiger partial charge in [-0.3, -0.25) is 0 Å². The van der Waals surface area contributed by atoms with Crippen molar-refractivity contribution in [1.82, 2.24) is 25.0 Å². The second-order valence-electron chi connectivity index (χ2n) is 6.74. The molecule has 1 fully saturated rings. The maximum absolute atomic E-state index is 12.9. The van der Waals surface area contributed by atoms with Crippen molar-refractivity contribution in [3.63, 3.8) is 0 Å².